The smallest absolute Gasteiger partial charge is 0.261 e. The first-order valence-corrected chi connectivity index (χ1v) is 9.56. The van der Waals surface area contributed by atoms with Gasteiger partial charge in [0.15, 0.2) is 0 Å². The van der Waals surface area contributed by atoms with Crippen LogP contribution in [0.2, 0.25) is 0 Å². The van der Waals surface area contributed by atoms with Crippen LogP contribution in [0.4, 0.5) is 0 Å². The summed E-state index contributed by atoms with van der Waals surface area (Å²) in [4.78, 5) is 15.0. The molecule has 0 saturated carbocycles. The molecule has 2 rings (SSSR count). The largest absolute Gasteiger partial charge is 0.507 e. The van der Waals surface area contributed by atoms with Gasteiger partial charge in [-0.1, -0.05) is 59.4 Å². The molecule has 1 aliphatic rings. The Morgan fingerprint density at radius 2 is 1.68 bits per heavy atom. The number of amides is 1. The molecule has 0 unspecified atom stereocenters. The van der Waals surface area contributed by atoms with Crippen LogP contribution in [0.15, 0.2) is 29.7 Å². The maximum Gasteiger partial charge on any atom is 0.261 e. The molecule has 1 heterocycles. The lowest BCUT2D eigenvalue weighted by Crippen LogP contribution is -2.24. The van der Waals surface area contributed by atoms with Gasteiger partial charge in [0.1, 0.15) is 5.75 Å². The summed E-state index contributed by atoms with van der Waals surface area (Å²) in [6, 6.07) is 4.00. The number of hydrogen-bond donors (Lipinski definition) is 1. The fourth-order valence-corrected chi connectivity index (χ4v) is 3.84. The minimum absolute atomic E-state index is 0.0487. The summed E-state index contributed by atoms with van der Waals surface area (Å²) in [6.07, 6.45) is 3.69. The first kappa shape index (κ1) is 19.6. The molecule has 3 nitrogen and oxygen atoms in total. The molecule has 1 N–H and O–H groups in total. The number of rotatable bonds is 3. The van der Waals surface area contributed by atoms with Crippen LogP contribution in [-0.2, 0) is 15.6 Å². The van der Waals surface area contributed by atoms with E-state index in [0.29, 0.717) is 18.2 Å². The van der Waals surface area contributed by atoms with Crippen LogP contribution in [0, 0.1) is 0 Å². The Morgan fingerprint density at radius 3 is 2.12 bits per heavy atom. The molecule has 1 aliphatic heterocycles. The zero-order valence-electron chi connectivity index (χ0n) is 16.1. The van der Waals surface area contributed by atoms with Gasteiger partial charge in [0.2, 0.25) is 0 Å². The van der Waals surface area contributed by atoms with E-state index in [9.17, 15) is 9.90 Å². The third kappa shape index (κ3) is 4.30. The van der Waals surface area contributed by atoms with E-state index in [4.69, 9.17) is 0 Å². The number of nitrogens with zero attached hydrogens (tertiary/aromatic N) is 1. The van der Waals surface area contributed by atoms with Gasteiger partial charge in [-0.15, -0.1) is 6.58 Å². The molecule has 0 radical (unpaired) electrons. The quantitative estimate of drug-likeness (QED) is 0.607. The average molecular weight is 360 g/mol. The van der Waals surface area contributed by atoms with E-state index in [1.807, 2.05) is 18.2 Å². The summed E-state index contributed by atoms with van der Waals surface area (Å²) in [5.74, 6) is 1.07. The topological polar surface area (TPSA) is 40.5 Å². The van der Waals surface area contributed by atoms with E-state index in [2.05, 4.69) is 48.1 Å². The summed E-state index contributed by atoms with van der Waals surface area (Å²) in [7, 11) is 0. The summed E-state index contributed by atoms with van der Waals surface area (Å²) in [5.41, 5.74) is 2.42. The second-order valence-electron chi connectivity index (χ2n) is 8.56. The number of hydrogen-bond acceptors (Lipinski definition) is 3. The zero-order chi connectivity index (χ0) is 19.0. The standard InChI is InChI=1S/C21H29NO2S/c1-8-9-22-13-25-17(19(22)24)12-14-10-15(20(2,3)4)18(23)16(11-14)21(5,6)7/h8,10-12,23H,1,9,13H2,2-7H3. The molecule has 0 bridgehead atoms. The number of benzene rings is 1. The van der Waals surface area contributed by atoms with Gasteiger partial charge in [0.25, 0.3) is 5.91 Å². The van der Waals surface area contributed by atoms with Crippen molar-refractivity contribution in [2.24, 2.45) is 0 Å². The molecular formula is C21H29NO2S. The lowest BCUT2D eigenvalue weighted by molar-refractivity contribution is -0.124. The van der Waals surface area contributed by atoms with Crippen LogP contribution >= 0.6 is 11.8 Å². The Labute approximate surface area is 155 Å². The zero-order valence-corrected chi connectivity index (χ0v) is 17.0. The first-order valence-electron chi connectivity index (χ1n) is 8.58. The summed E-state index contributed by atoms with van der Waals surface area (Å²) < 4.78 is 0. The number of carbonyl (C=O) groups is 1. The van der Waals surface area contributed by atoms with E-state index in [-0.39, 0.29) is 16.7 Å². The van der Waals surface area contributed by atoms with Crippen LogP contribution in [0.25, 0.3) is 6.08 Å². The second-order valence-corrected chi connectivity index (χ2v) is 9.55. The van der Waals surface area contributed by atoms with Crippen molar-refractivity contribution < 1.29 is 9.90 Å². The number of phenolic OH excluding ortho intramolecular Hbond substituents is 1. The van der Waals surface area contributed by atoms with Crippen molar-refractivity contribution in [2.75, 3.05) is 12.4 Å². The van der Waals surface area contributed by atoms with Crippen LogP contribution < -0.4 is 0 Å². The molecule has 25 heavy (non-hydrogen) atoms. The van der Waals surface area contributed by atoms with Crippen molar-refractivity contribution in [2.45, 2.75) is 52.4 Å². The maximum absolute atomic E-state index is 12.5. The lowest BCUT2D eigenvalue weighted by Gasteiger charge is -2.28. The monoisotopic (exact) mass is 359 g/mol. The predicted octanol–water partition coefficient (Wildman–Crippen LogP) is 5.05. The fourth-order valence-electron chi connectivity index (χ4n) is 2.85. The molecule has 0 aliphatic carbocycles. The van der Waals surface area contributed by atoms with Crippen molar-refractivity contribution in [3.8, 4) is 5.75 Å². The van der Waals surface area contributed by atoms with Crippen molar-refractivity contribution >= 4 is 23.7 Å². The van der Waals surface area contributed by atoms with Crippen LogP contribution in [-0.4, -0.2) is 28.3 Å². The molecule has 1 aromatic carbocycles. The van der Waals surface area contributed by atoms with Gasteiger partial charge in [-0.05, 0) is 34.6 Å². The van der Waals surface area contributed by atoms with Crippen molar-refractivity contribution in [1.29, 1.82) is 0 Å². The highest BCUT2D eigenvalue weighted by Gasteiger charge is 2.28. The summed E-state index contributed by atoms with van der Waals surface area (Å²) in [5, 5.41) is 10.8. The normalized spacial score (nSPS) is 17.4. The minimum Gasteiger partial charge on any atom is -0.507 e. The summed E-state index contributed by atoms with van der Waals surface area (Å²) >= 11 is 1.55. The van der Waals surface area contributed by atoms with Gasteiger partial charge in [-0.25, -0.2) is 0 Å². The molecular weight excluding hydrogens is 330 g/mol. The molecule has 1 aromatic rings. The van der Waals surface area contributed by atoms with E-state index in [1.165, 1.54) is 0 Å². The van der Waals surface area contributed by atoms with Gasteiger partial charge in [0.05, 0.1) is 10.8 Å². The van der Waals surface area contributed by atoms with Crippen LogP contribution in [0.1, 0.15) is 58.2 Å². The highest BCUT2D eigenvalue weighted by molar-refractivity contribution is 8.04. The number of thioether (sulfide) groups is 1. The molecule has 0 atom stereocenters. The molecule has 0 aromatic heterocycles. The van der Waals surface area contributed by atoms with E-state index in [1.54, 1.807) is 22.7 Å². The fraction of sp³-hybridized carbons (Fsp3) is 0.476. The number of phenols is 1. The van der Waals surface area contributed by atoms with E-state index >= 15 is 0 Å². The Balaban J connectivity index is 2.54. The van der Waals surface area contributed by atoms with E-state index in [0.717, 1.165) is 21.6 Å². The van der Waals surface area contributed by atoms with Gasteiger partial charge < -0.3 is 10.0 Å². The van der Waals surface area contributed by atoms with E-state index < -0.39 is 0 Å². The maximum atomic E-state index is 12.5. The molecule has 1 amide bonds. The Kier molecular flexibility index (Phi) is 5.43. The third-order valence-electron chi connectivity index (χ3n) is 4.27. The number of aromatic hydroxyl groups is 1. The number of carbonyl (C=O) groups excluding carboxylic acids is 1. The molecule has 0 spiro atoms. The van der Waals surface area contributed by atoms with Crippen molar-refractivity contribution in [3.63, 3.8) is 0 Å². The lowest BCUT2D eigenvalue weighted by atomic mass is 9.78. The van der Waals surface area contributed by atoms with Crippen molar-refractivity contribution in [3.05, 3.63) is 46.4 Å². The molecule has 1 saturated heterocycles. The summed E-state index contributed by atoms with van der Waals surface area (Å²) in [6.45, 7) is 16.8. The van der Waals surface area contributed by atoms with Crippen molar-refractivity contribution in [1.82, 2.24) is 4.90 Å². The predicted molar refractivity (Wildman–Crippen MR) is 108 cm³/mol. The Hall–Kier alpha value is -1.68. The Morgan fingerprint density at radius 1 is 1.16 bits per heavy atom. The van der Waals surface area contributed by atoms with Crippen LogP contribution in [0.3, 0.4) is 0 Å². The SMILES string of the molecule is C=CCN1CSC(=Cc2cc(C(C)(C)C)c(O)c(C(C)(C)C)c2)C1=O. The van der Waals surface area contributed by atoms with Gasteiger partial charge in [-0.3, -0.25) is 4.79 Å². The van der Waals surface area contributed by atoms with Crippen LogP contribution in [0.5, 0.6) is 5.75 Å². The Bertz CT molecular complexity index is 685. The second kappa shape index (κ2) is 6.91. The van der Waals surface area contributed by atoms with Gasteiger partial charge >= 0.3 is 0 Å². The molecule has 136 valence electrons. The molecule has 4 heteroatoms. The first-order chi connectivity index (χ1) is 11.4. The average Bonchev–Trinajstić information content (AvgIpc) is 2.80. The third-order valence-corrected chi connectivity index (χ3v) is 5.31. The molecule has 1 fully saturated rings. The van der Waals surface area contributed by atoms with Gasteiger partial charge in [0, 0.05) is 17.7 Å². The highest BCUT2D eigenvalue weighted by Crippen LogP contribution is 2.41. The van der Waals surface area contributed by atoms with Gasteiger partial charge in [-0.2, -0.15) is 0 Å². The highest BCUT2D eigenvalue weighted by atomic mass is 32.2. The minimum atomic E-state index is -0.180.